The van der Waals surface area contributed by atoms with Gasteiger partial charge in [-0.05, 0) is 67.8 Å². The summed E-state index contributed by atoms with van der Waals surface area (Å²) in [6, 6.07) is 0. The number of hydrogen-bond acceptors (Lipinski definition) is 1. The van der Waals surface area contributed by atoms with Crippen molar-refractivity contribution < 1.29 is 5.11 Å². The molecule has 3 atom stereocenters. The van der Waals surface area contributed by atoms with Gasteiger partial charge in [-0.1, -0.05) is 32.8 Å². The lowest BCUT2D eigenvalue weighted by Gasteiger charge is -2.52. The maximum absolute atomic E-state index is 9.35. The third-order valence-corrected chi connectivity index (χ3v) is 6.08. The highest BCUT2D eigenvalue weighted by atomic mass is 16.3. The number of rotatable bonds is 2. The summed E-state index contributed by atoms with van der Waals surface area (Å²) in [4.78, 5) is 0. The van der Waals surface area contributed by atoms with Crippen LogP contribution in [0, 0.1) is 23.2 Å². The van der Waals surface area contributed by atoms with Crippen LogP contribution in [0.5, 0.6) is 0 Å². The average Bonchev–Trinajstić information content (AvgIpc) is 2.37. The van der Waals surface area contributed by atoms with Crippen molar-refractivity contribution in [2.75, 3.05) is 6.61 Å². The Morgan fingerprint density at radius 3 is 2.61 bits per heavy atom. The summed E-state index contributed by atoms with van der Waals surface area (Å²) in [5.41, 5.74) is 3.28. The van der Waals surface area contributed by atoms with Gasteiger partial charge in [0.25, 0.3) is 0 Å². The van der Waals surface area contributed by atoms with Gasteiger partial charge in [0.1, 0.15) is 0 Å². The molecule has 0 unspecified atom stereocenters. The van der Waals surface area contributed by atoms with Crippen LogP contribution in [-0.4, -0.2) is 11.7 Å². The first-order valence-electron chi connectivity index (χ1n) is 7.79. The molecule has 0 amide bonds. The van der Waals surface area contributed by atoms with Gasteiger partial charge in [0.2, 0.25) is 0 Å². The predicted molar refractivity (Wildman–Crippen MR) is 77.4 cm³/mol. The summed E-state index contributed by atoms with van der Waals surface area (Å²) in [7, 11) is 0. The van der Waals surface area contributed by atoms with E-state index in [2.05, 4.69) is 27.7 Å². The van der Waals surface area contributed by atoms with E-state index >= 15 is 0 Å². The lowest BCUT2D eigenvalue weighted by atomic mass is 9.53. The highest BCUT2D eigenvalue weighted by Gasteiger charge is 2.45. The smallest absolute Gasteiger partial charge is 0.0641 e. The lowest BCUT2D eigenvalue weighted by molar-refractivity contribution is -0.00318. The summed E-state index contributed by atoms with van der Waals surface area (Å²) in [5.74, 6) is 2.69. The monoisotopic (exact) mass is 250 g/mol. The molecule has 0 saturated heterocycles. The van der Waals surface area contributed by atoms with Crippen molar-refractivity contribution in [2.45, 2.75) is 66.2 Å². The van der Waals surface area contributed by atoms with Crippen LogP contribution in [0.4, 0.5) is 0 Å². The molecule has 0 aromatic heterocycles. The maximum Gasteiger partial charge on any atom is 0.0641 e. The molecule has 1 nitrogen and oxygen atoms in total. The summed E-state index contributed by atoms with van der Waals surface area (Å²) < 4.78 is 0. The Balaban J connectivity index is 2.20. The zero-order valence-electron chi connectivity index (χ0n) is 12.6. The molecule has 0 aromatic carbocycles. The van der Waals surface area contributed by atoms with Crippen molar-refractivity contribution in [3.05, 3.63) is 11.1 Å². The van der Waals surface area contributed by atoms with E-state index in [-0.39, 0.29) is 6.61 Å². The zero-order chi connectivity index (χ0) is 13.3. The van der Waals surface area contributed by atoms with Gasteiger partial charge in [-0.25, -0.2) is 0 Å². The summed E-state index contributed by atoms with van der Waals surface area (Å²) in [6.07, 6.45) is 8.05. The topological polar surface area (TPSA) is 20.2 Å². The lowest BCUT2D eigenvalue weighted by Crippen LogP contribution is -2.43. The fourth-order valence-corrected chi connectivity index (χ4v) is 4.63. The number of fused-ring (bicyclic) bond motifs is 1. The molecule has 2 aliphatic carbocycles. The summed E-state index contributed by atoms with van der Waals surface area (Å²) in [6.45, 7) is 9.71. The second-order valence-corrected chi connectivity index (χ2v) is 7.16. The van der Waals surface area contributed by atoms with E-state index in [9.17, 15) is 5.11 Å². The first kappa shape index (κ1) is 14.1. The minimum absolute atomic E-state index is 0.254. The minimum Gasteiger partial charge on any atom is -0.392 e. The Morgan fingerprint density at radius 1 is 1.28 bits per heavy atom. The third-order valence-electron chi connectivity index (χ3n) is 6.08. The average molecular weight is 250 g/mol. The zero-order valence-corrected chi connectivity index (χ0v) is 12.6. The van der Waals surface area contributed by atoms with Crippen LogP contribution in [0.3, 0.4) is 0 Å². The van der Waals surface area contributed by atoms with Crippen LogP contribution in [0.1, 0.15) is 66.2 Å². The van der Waals surface area contributed by atoms with E-state index in [0.717, 1.165) is 17.8 Å². The minimum atomic E-state index is 0.254. The Bertz CT molecular complexity index is 327. The van der Waals surface area contributed by atoms with Crippen LogP contribution in [0.2, 0.25) is 0 Å². The first-order chi connectivity index (χ1) is 8.50. The normalized spacial score (nSPS) is 38.2. The molecule has 0 aliphatic heterocycles. The Labute approximate surface area is 113 Å². The third kappa shape index (κ3) is 2.39. The molecular weight excluding hydrogens is 220 g/mol. The van der Waals surface area contributed by atoms with Crippen molar-refractivity contribution in [2.24, 2.45) is 23.2 Å². The molecule has 1 N–H and O–H groups in total. The molecule has 0 heterocycles. The molecule has 0 radical (unpaired) electrons. The van der Waals surface area contributed by atoms with Crippen molar-refractivity contribution in [3.8, 4) is 0 Å². The SMILES string of the molecule is CC[C@@H]1CC[C@H]2CC/C(=C(/C)CO)C[C@@H]2C1(C)C. The van der Waals surface area contributed by atoms with Gasteiger partial charge in [0, 0.05) is 0 Å². The van der Waals surface area contributed by atoms with Crippen molar-refractivity contribution in [1.82, 2.24) is 0 Å². The second kappa shape index (κ2) is 5.36. The van der Waals surface area contributed by atoms with E-state index in [0.29, 0.717) is 5.41 Å². The second-order valence-electron chi connectivity index (χ2n) is 7.16. The van der Waals surface area contributed by atoms with E-state index in [1.54, 1.807) is 5.57 Å². The first-order valence-corrected chi connectivity index (χ1v) is 7.79. The number of allylic oxidation sites excluding steroid dienone is 1. The quantitative estimate of drug-likeness (QED) is 0.712. The molecule has 2 rings (SSSR count). The van der Waals surface area contributed by atoms with Gasteiger partial charge in [0.15, 0.2) is 0 Å². The number of hydrogen-bond donors (Lipinski definition) is 1. The van der Waals surface area contributed by atoms with E-state index in [1.807, 2.05) is 0 Å². The van der Waals surface area contributed by atoms with E-state index in [4.69, 9.17) is 0 Å². The van der Waals surface area contributed by atoms with E-state index in [1.165, 1.54) is 44.1 Å². The van der Waals surface area contributed by atoms with Crippen molar-refractivity contribution >= 4 is 0 Å². The van der Waals surface area contributed by atoms with Crippen LogP contribution in [0.15, 0.2) is 11.1 Å². The van der Waals surface area contributed by atoms with Crippen molar-refractivity contribution in [1.29, 1.82) is 0 Å². The molecule has 0 spiro atoms. The van der Waals surface area contributed by atoms with Gasteiger partial charge in [-0.3, -0.25) is 0 Å². The van der Waals surface area contributed by atoms with Gasteiger partial charge in [-0.15, -0.1) is 0 Å². The number of aliphatic hydroxyl groups excluding tert-OH is 1. The predicted octanol–water partition coefficient (Wildman–Crippen LogP) is 4.56. The molecule has 18 heavy (non-hydrogen) atoms. The maximum atomic E-state index is 9.35. The Hall–Kier alpha value is -0.300. The van der Waals surface area contributed by atoms with Gasteiger partial charge < -0.3 is 5.11 Å². The highest BCUT2D eigenvalue weighted by Crippen LogP contribution is 2.55. The molecular formula is C17H30O. The highest BCUT2D eigenvalue weighted by molar-refractivity contribution is 5.17. The van der Waals surface area contributed by atoms with Crippen LogP contribution >= 0.6 is 0 Å². The molecule has 0 aromatic rings. The van der Waals surface area contributed by atoms with Gasteiger partial charge >= 0.3 is 0 Å². The molecule has 104 valence electrons. The Kier molecular flexibility index (Phi) is 4.21. The summed E-state index contributed by atoms with van der Waals surface area (Å²) in [5, 5.41) is 9.35. The number of aliphatic hydroxyl groups is 1. The van der Waals surface area contributed by atoms with Crippen LogP contribution < -0.4 is 0 Å². The van der Waals surface area contributed by atoms with Crippen LogP contribution in [-0.2, 0) is 0 Å². The standard InChI is InChI=1S/C17H30O/c1-5-15-9-8-13-6-7-14(12(2)11-18)10-16(13)17(15,3)4/h13,15-16,18H,5-11H2,1-4H3/b14-12+/t13-,15-,16+/m1/s1. The van der Waals surface area contributed by atoms with Gasteiger partial charge in [0.05, 0.1) is 6.61 Å². The van der Waals surface area contributed by atoms with Gasteiger partial charge in [-0.2, -0.15) is 0 Å². The fourth-order valence-electron chi connectivity index (χ4n) is 4.63. The molecule has 2 saturated carbocycles. The largest absolute Gasteiger partial charge is 0.392 e. The Morgan fingerprint density at radius 2 is 2.00 bits per heavy atom. The molecule has 2 fully saturated rings. The molecule has 1 heteroatoms. The fraction of sp³-hybridized carbons (Fsp3) is 0.882. The van der Waals surface area contributed by atoms with E-state index < -0.39 is 0 Å². The van der Waals surface area contributed by atoms with Crippen molar-refractivity contribution in [3.63, 3.8) is 0 Å². The molecule has 2 aliphatic rings. The summed E-state index contributed by atoms with van der Waals surface area (Å²) >= 11 is 0. The molecule has 0 bridgehead atoms. The van der Waals surface area contributed by atoms with Crippen LogP contribution in [0.25, 0.3) is 0 Å².